The minimum Gasteiger partial charge on any atom is -0.480 e. The van der Waals surface area contributed by atoms with Crippen LogP contribution in [0.1, 0.15) is 13.8 Å². The Morgan fingerprint density at radius 1 is 1.14 bits per heavy atom. The van der Waals surface area contributed by atoms with Crippen LogP contribution in [0.2, 0.25) is 0 Å². The molecule has 1 unspecified atom stereocenters. The summed E-state index contributed by atoms with van der Waals surface area (Å²) in [7, 11) is 4.69. The number of urea groups is 1. The molecule has 0 aromatic carbocycles. The molecular formula is C9H18N2O3. The number of nitrogens with zero attached hydrogens (tertiary/aromatic N) is 2. The van der Waals surface area contributed by atoms with Crippen LogP contribution in [0.4, 0.5) is 4.79 Å². The number of hydrogen-bond acceptors (Lipinski definition) is 2. The molecule has 0 aliphatic carbocycles. The summed E-state index contributed by atoms with van der Waals surface area (Å²) in [6.45, 7) is 3.55. The van der Waals surface area contributed by atoms with E-state index in [-0.39, 0.29) is 11.9 Å². The molecule has 14 heavy (non-hydrogen) atoms. The maximum atomic E-state index is 11.5. The van der Waals surface area contributed by atoms with Crippen molar-refractivity contribution in [1.82, 2.24) is 9.80 Å². The summed E-state index contributed by atoms with van der Waals surface area (Å²) in [5, 5.41) is 8.93. The number of likely N-dealkylation sites (N-methyl/N-ethyl adjacent to an activating group) is 1. The van der Waals surface area contributed by atoms with Gasteiger partial charge < -0.3 is 14.9 Å². The number of carboxylic acids is 1. The topological polar surface area (TPSA) is 60.9 Å². The van der Waals surface area contributed by atoms with Crippen molar-refractivity contribution in [2.75, 3.05) is 21.1 Å². The van der Waals surface area contributed by atoms with Gasteiger partial charge in [-0.15, -0.1) is 0 Å². The molecule has 5 heteroatoms. The Bertz CT molecular complexity index is 226. The molecule has 1 N–H and O–H groups in total. The third-order valence-corrected chi connectivity index (χ3v) is 1.99. The van der Waals surface area contributed by atoms with Crippen molar-refractivity contribution < 1.29 is 14.7 Å². The van der Waals surface area contributed by atoms with Crippen molar-refractivity contribution in [3.63, 3.8) is 0 Å². The molecule has 0 radical (unpaired) electrons. The molecular weight excluding hydrogens is 184 g/mol. The second kappa shape index (κ2) is 4.83. The maximum Gasteiger partial charge on any atom is 0.326 e. The number of rotatable bonds is 3. The van der Waals surface area contributed by atoms with Crippen molar-refractivity contribution in [2.45, 2.75) is 19.9 Å². The van der Waals surface area contributed by atoms with Crippen LogP contribution in [0, 0.1) is 5.92 Å². The van der Waals surface area contributed by atoms with Crippen molar-refractivity contribution in [2.24, 2.45) is 5.92 Å². The summed E-state index contributed by atoms with van der Waals surface area (Å²) in [6, 6.07) is -1.07. The van der Waals surface area contributed by atoms with E-state index in [9.17, 15) is 9.59 Å². The Balaban J connectivity index is 4.68. The van der Waals surface area contributed by atoms with Gasteiger partial charge in [0.2, 0.25) is 0 Å². The van der Waals surface area contributed by atoms with Crippen LogP contribution in [0.15, 0.2) is 0 Å². The van der Waals surface area contributed by atoms with Crippen molar-refractivity contribution in [3.8, 4) is 0 Å². The van der Waals surface area contributed by atoms with Crippen LogP contribution in [0.3, 0.4) is 0 Å². The highest BCUT2D eigenvalue weighted by Gasteiger charge is 2.29. The third-order valence-electron chi connectivity index (χ3n) is 1.99. The molecule has 82 valence electrons. The lowest BCUT2D eigenvalue weighted by molar-refractivity contribution is -0.143. The Morgan fingerprint density at radius 3 is 1.79 bits per heavy atom. The minimum atomic E-state index is -0.974. The Labute approximate surface area is 84.3 Å². The minimum absolute atomic E-state index is 0.110. The summed E-state index contributed by atoms with van der Waals surface area (Å²) in [6.07, 6.45) is 0. The lowest BCUT2D eigenvalue weighted by atomic mass is 10.0. The molecule has 0 saturated carbocycles. The molecule has 0 aliphatic heterocycles. The first-order chi connectivity index (χ1) is 6.29. The fourth-order valence-electron chi connectivity index (χ4n) is 1.33. The van der Waals surface area contributed by atoms with E-state index in [1.165, 1.54) is 16.8 Å². The van der Waals surface area contributed by atoms with E-state index in [2.05, 4.69) is 0 Å². The molecule has 0 spiro atoms. The van der Waals surface area contributed by atoms with E-state index in [4.69, 9.17) is 5.11 Å². The Morgan fingerprint density at radius 2 is 1.57 bits per heavy atom. The van der Waals surface area contributed by atoms with Gasteiger partial charge in [-0.2, -0.15) is 0 Å². The molecule has 0 heterocycles. The van der Waals surface area contributed by atoms with E-state index in [1.807, 2.05) is 0 Å². The number of carboxylic acid groups (broad SMARTS) is 1. The molecule has 0 aliphatic rings. The van der Waals surface area contributed by atoms with Gasteiger partial charge in [0.05, 0.1) is 0 Å². The van der Waals surface area contributed by atoms with E-state index < -0.39 is 12.0 Å². The highest BCUT2D eigenvalue weighted by molar-refractivity contribution is 5.82. The van der Waals surface area contributed by atoms with E-state index >= 15 is 0 Å². The van der Waals surface area contributed by atoms with Crippen LogP contribution < -0.4 is 0 Å². The van der Waals surface area contributed by atoms with Gasteiger partial charge in [0, 0.05) is 21.1 Å². The molecule has 2 amide bonds. The highest BCUT2D eigenvalue weighted by atomic mass is 16.4. The normalized spacial score (nSPS) is 12.4. The number of hydrogen-bond donors (Lipinski definition) is 1. The molecule has 5 nitrogen and oxygen atoms in total. The van der Waals surface area contributed by atoms with Gasteiger partial charge in [-0.3, -0.25) is 0 Å². The molecule has 0 rings (SSSR count). The first-order valence-corrected chi connectivity index (χ1v) is 4.46. The third kappa shape index (κ3) is 2.90. The summed E-state index contributed by atoms with van der Waals surface area (Å²) < 4.78 is 0. The van der Waals surface area contributed by atoms with Crippen molar-refractivity contribution in [3.05, 3.63) is 0 Å². The molecule has 1 atom stereocenters. The number of carbonyl (C=O) groups excluding carboxylic acids is 1. The van der Waals surface area contributed by atoms with E-state index in [0.717, 1.165) is 0 Å². The molecule has 0 bridgehead atoms. The average Bonchev–Trinajstić information content (AvgIpc) is 2.01. The fourth-order valence-corrected chi connectivity index (χ4v) is 1.33. The van der Waals surface area contributed by atoms with Gasteiger partial charge in [0.25, 0.3) is 0 Å². The summed E-state index contributed by atoms with van der Waals surface area (Å²) >= 11 is 0. The fraction of sp³-hybridized carbons (Fsp3) is 0.778. The highest BCUT2D eigenvalue weighted by Crippen LogP contribution is 2.10. The van der Waals surface area contributed by atoms with Crippen LogP contribution >= 0.6 is 0 Å². The first kappa shape index (κ1) is 12.7. The number of aliphatic carboxylic acids is 1. The summed E-state index contributed by atoms with van der Waals surface area (Å²) in [4.78, 5) is 25.0. The summed E-state index contributed by atoms with van der Waals surface area (Å²) in [5.41, 5.74) is 0. The second-order valence-corrected chi connectivity index (χ2v) is 3.81. The lowest BCUT2D eigenvalue weighted by Crippen LogP contribution is -2.49. The monoisotopic (exact) mass is 202 g/mol. The maximum absolute atomic E-state index is 11.5. The second-order valence-electron chi connectivity index (χ2n) is 3.81. The lowest BCUT2D eigenvalue weighted by Gasteiger charge is -2.29. The van der Waals surface area contributed by atoms with Gasteiger partial charge in [-0.25, -0.2) is 9.59 Å². The van der Waals surface area contributed by atoms with Gasteiger partial charge in [-0.1, -0.05) is 13.8 Å². The van der Waals surface area contributed by atoms with Gasteiger partial charge in [0.1, 0.15) is 6.04 Å². The van der Waals surface area contributed by atoms with Crippen LogP contribution in [0.25, 0.3) is 0 Å². The zero-order valence-corrected chi connectivity index (χ0v) is 9.31. The summed E-state index contributed by atoms with van der Waals surface area (Å²) in [5.74, 6) is -1.08. The largest absolute Gasteiger partial charge is 0.480 e. The van der Waals surface area contributed by atoms with Crippen LogP contribution in [-0.2, 0) is 4.79 Å². The number of amides is 2. The van der Waals surface area contributed by atoms with Gasteiger partial charge in [0.15, 0.2) is 0 Å². The molecule has 0 aromatic rings. The Hall–Kier alpha value is -1.26. The number of carbonyl (C=O) groups is 2. The molecule has 0 fully saturated rings. The first-order valence-electron chi connectivity index (χ1n) is 4.46. The van der Waals surface area contributed by atoms with Gasteiger partial charge >= 0.3 is 12.0 Å². The molecule has 0 aromatic heterocycles. The quantitative estimate of drug-likeness (QED) is 0.733. The zero-order chi connectivity index (χ0) is 11.5. The average molecular weight is 202 g/mol. The smallest absolute Gasteiger partial charge is 0.326 e. The SMILES string of the molecule is CC(C)C(C(=O)O)N(C)C(=O)N(C)C. The van der Waals surface area contributed by atoms with Crippen molar-refractivity contribution >= 4 is 12.0 Å². The van der Waals surface area contributed by atoms with Crippen LogP contribution in [-0.4, -0.2) is 54.1 Å². The zero-order valence-electron chi connectivity index (χ0n) is 9.31. The Kier molecular flexibility index (Phi) is 4.40. The van der Waals surface area contributed by atoms with E-state index in [0.29, 0.717) is 0 Å². The predicted octanol–water partition coefficient (Wildman–Crippen LogP) is 0.709. The van der Waals surface area contributed by atoms with Gasteiger partial charge in [-0.05, 0) is 5.92 Å². The van der Waals surface area contributed by atoms with Crippen molar-refractivity contribution in [1.29, 1.82) is 0 Å². The standard InChI is InChI=1S/C9H18N2O3/c1-6(2)7(8(12)13)11(5)9(14)10(3)4/h6-7H,1-5H3,(H,12,13). The predicted molar refractivity (Wildman–Crippen MR) is 53.1 cm³/mol. The van der Waals surface area contributed by atoms with E-state index in [1.54, 1.807) is 27.9 Å². The molecule has 0 saturated heterocycles. The van der Waals surface area contributed by atoms with Crippen LogP contribution in [0.5, 0.6) is 0 Å².